The molecule has 0 saturated carbocycles. The highest BCUT2D eigenvalue weighted by atomic mass is 16.7. The van der Waals surface area contributed by atoms with Crippen molar-refractivity contribution in [3.63, 3.8) is 0 Å². The molecule has 0 aromatic heterocycles. The van der Waals surface area contributed by atoms with Gasteiger partial charge < -0.3 is 14.2 Å². The van der Waals surface area contributed by atoms with Crippen molar-refractivity contribution in [2.75, 3.05) is 20.3 Å². The second kappa shape index (κ2) is 4.91. The smallest absolute Gasteiger partial charge is 0.161 e. The summed E-state index contributed by atoms with van der Waals surface area (Å²) in [7, 11) is 1.69. The second-order valence-electron chi connectivity index (χ2n) is 3.96. The maximum atomic E-state index is 5.76. The van der Waals surface area contributed by atoms with Crippen molar-refractivity contribution in [2.24, 2.45) is 5.92 Å². The summed E-state index contributed by atoms with van der Waals surface area (Å²) in [6, 6.07) is 0. The molecule has 3 atom stereocenters. The molecule has 0 aromatic rings. The van der Waals surface area contributed by atoms with Crippen LogP contribution in [0.25, 0.3) is 0 Å². The molecule has 1 heterocycles. The fraction of sp³-hybridized carbons (Fsp3) is 0.818. The van der Waals surface area contributed by atoms with Crippen molar-refractivity contribution < 1.29 is 14.2 Å². The summed E-state index contributed by atoms with van der Waals surface area (Å²) in [6.45, 7) is 1.32. The first kappa shape index (κ1) is 10.1. The minimum Gasteiger partial charge on any atom is -0.382 e. The van der Waals surface area contributed by atoms with Crippen LogP contribution in [0, 0.1) is 5.92 Å². The Bertz CT molecular complexity index is 203. The number of allylic oxidation sites excluding steroid dienone is 2. The van der Waals surface area contributed by atoms with Crippen LogP contribution >= 0.6 is 0 Å². The Morgan fingerprint density at radius 2 is 2.36 bits per heavy atom. The van der Waals surface area contributed by atoms with Gasteiger partial charge in [0.15, 0.2) is 6.29 Å². The fourth-order valence-electron chi connectivity index (χ4n) is 2.06. The Kier molecular flexibility index (Phi) is 3.56. The van der Waals surface area contributed by atoms with Gasteiger partial charge in [-0.3, -0.25) is 0 Å². The summed E-state index contributed by atoms with van der Waals surface area (Å²) in [4.78, 5) is 0. The third kappa shape index (κ3) is 2.35. The van der Waals surface area contributed by atoms with E-state index in [1.807, 2.05) is 0 Å². The Hall–Kier alpha value is -0.380. The van der Waals surface area contributed by atoms with Gasteiger partial charge in [-0.1, -0.05) is 12.2 Å². The van der Waals surface area contributed by atoms with Gasteiger partial charge in [0, 0.05) is 13.0 Å². The van der Waals surface area contributed by atoms with Gasteiger partial charge in [0.05, 0.1) is 13.2 Å². The maximum absolute atomic E-state index is 5.76. The van der Waals surface area contributed by atoms with Crippen molar-refractivity contribution in [3.8, 4) is 0 Å². The largest absolute Gasteiger partial charge is 0.382 e. The Morgan fingerprint density at radius 3 is 3.07 bits per heavy atom. The quantitative estimate of drug-likeness (QED) is 0.646. The van der Waals surface area contributed by atoms with E-state index in [-0.39, 0.29) is 12.4 Å². The third-order valence-electron chi connectivity index (χ3n) is 2.82. The summed E-state index contributed by atoms with van der Waals surface area (Å²) in [5, 5.41) is 0. The third-order valence-corrected chi connectivity index (χ3v) is 2.82. The lowest BCUT2D eigenvalue weighted by molar-refractivity contribution is -0.105. The highest BCUT2D eigenvalue weighted by Crippen LogP contribution is 2.28. The molecule has 1 saturated heterocycles. The van der Waals surface area contributed by atoms with Gasteiger partial charge in [-0.15, -0.1) is 0 Å². The van der Waals surface area contributed by atoms with E-state index in [4.69, 9.17) is 14.2 Å². The molecular weight excluding hydrogens is 180 g/mol. The number of rotatable bonds is 3. The topological polar surface area (TPSA) is 27.7 Å². The van der Waals surface area contributed by atoms with Crippen LogP contribution < -0.4 is 0 Å². The van der Waals surface area contributed by atoms with Crippen LogP contribution in [0.15, 0.2) is 12.2 Å². The van der Waals surface area contributed by atoms with E-state index >= 15 is 0 Å². The molecule has 3 nitrogen and oxygen atoms in total. The molecule has 1 aliphatic carbocycles. The van der Waals surface area contributed by atoms with Crippen LogP contribution in [0.1, 0.15) is 19.3 Å². The molecule has 0 N–H and O–H groups in total. The van der Waals surface area contributed by atoms with Crippen LogP contribution in [-0.4, -0.2) is 32.7 Å². The average molecular weight is 198 g/mol. The van der Waals surface area contributed by atoms with Crippen LogP contribution in [0.4, 0.5) is 0 Å². The summed E-state index contributed by atoms with van der Waals surface area (Å²) in [6.07, 6.45) is 8.02. The van der Waals surface area contributed by atoms with Crippen molar-refractivity contribution in [2.45, 2.75) is 31.7 Å². The SMILES string of the molecule is COC[C@@H]1CO[C@H]([C@H]2CC=CCC2)O1. The van der Waals surface area contributed by atoms with Gasteiger partial charge >= 0.3 is 0 Å². The summed E-state index contributed by atoms with van der Waals surface area (Å²) in [5.41, 5.74) is 0. The second-order valence-corrected chi connectivity index (χ2v) is 3.96. The molecule has 2 aliphatic rings. The molecule has 14 heavy (non-hydrogen) atoms. The molecule has 0 unspecified atom stereocenters. The highest BCUT2D eigenvalue weighted by Gasteiger charge is 2.32. The standard InChI is InChI=1S/C11H18O3/c1-12-7-10-8-13-11(14-10)9-5-3-2-4-6-9/h2-3,9-11H,4-8H2,1H3/t9-,10+,11-/m0/s1. The Labute approximate surface area is 85.0 Å². The van der Waals surface area contributed by atoms with Crippen LogP contribution in [0.2, 0.25) is 0 Å². The number of hydrogen-bond donors (Lipinski definition) is 0. The first-order valence-corrected chi connectivity index (χ1v) is 5.31. The fourth-order valence-corrected chi connectivity index (χ4v) is 2.06. The molecule has 2 rings (SSSR count). The summed E-state index contributed by atoms with van der Waals surface area (Å²) < 4.78 is 16.4. The van der Waals surface area contributed by atoms with Crippen molar-refractivity contribution in [1.82, 2.24) is 0 Å². The zero-order valence-corrected chi connectivity index (χ0v) is 8.65. The summed E-state index contributed by atoms with van der Waals surface area (Å²) in [5.74, 6) is 0.543. The Morgan fingerprint density at radius 1 is 1.43 bits per heavy atom. The zero-order chi connectivity index (χ0) is 9.80. The number of methoxy groups -OCH3 is 1. The van der Waals surface area contributed by atoms with Gasteiger partial charge in [0.25, 0.3) is 0 Å². The van der Waals surface area contributed by atoms with E-state index in [1.54, 1.807) is 7.11 Å². The van der Waals surface area contributed by atoms with Gasteiger partial charge in [-0.2, -0.15) is 0 Å². The van der Waals surface area contributed by atoms with Gasteiger partial charge in [-0.05, 0) is 19.3 Å². The van der Waals surface area contributed by atoms with E-state index in [1.165, 1.54) is 6.42 Å². The molecule has 1 aliphatic heterocycles. The predicted molar refractivity (Wildman–Crippen MR) is 53.0 cm³/mol. The van der Waals surface area contributed by atoms with E-state index in [2.05, 4.69) is 12.2 Å². The number of ether oxygens (including phenoxy) is 3. The summed E-state index contributed by atoms with van der Waals surface area (Å²) >= 11 is 0. The monoisotopic (exact) mass is 198 g/mol. The zero-order valence-electron chi connectivity index (χ0n) is 8.65. The lowest BCUT2D eigenvalue weighted by Gasteiger charge is -2.23. The first-order chi connectivity index (χ1) is 6.90. The molecule has 3 heteroatoms. The molecule has 80 valence electrons. The lowest BCUT2D eigenvalue weighted by Crippen LogP contribution is -2.24. The molecule has 0 bridgehead atoms. The molecular formula is C11H18O3. The van der Waals surface area contributed by atoms with E-state index in [0.29, 0.717) is 19.1 Å². The minimum absolute atomic E-state index is 0.0000926. The van der Waals surface area contributed by atoms with Crippen molar-refractivity contribution >= 4 is 0 Å². The van der Waals surface area contributed by atoms with Gasteiger partial charge in [0.2, 0.25) is 0 Å². The predicted octanol–water partition coefficient (Wildman–Crippen LogP) is 1.73. The lowest BCUT2D eigenvalue weighted by atomic mass is 9.94. The van der Waals surface area contributed by atoms with E-state index in [0.717, 1.165) is 12.8 Å². The molecule has 0 radical (unpaired) electrons. The normalized spacial score (nSPS) is 37.6. The minimum atomic E-state index is 0.0000926. The molecule has 1 fully saturated rings. The molecule has 0 amide bonds. The maximum Gasteiger partial charge on any atom is 0.161 e. The van der Waals surface area contributed by atoms with Crippen molar-refractivity contribution in [1.29, 1.82) is 0 Å². The van der Waals surface area contributed by atoms with Crippen LogP contribution in [0.5, 0.6) is 0 Å². The van der Waals surface area contributed by atoms with E-state index in [9.17, 15) is 0 Å². The molecule has 0 aromatic carbocycles. The highest BCUT2D eigenvalue weighted by molar-refractivity contribution is 4.91. The van der Waals surface area contributed by atoms with Crippen LogP contribution in [-0.2, 0) is 14.2 Å². The molecule has 0 spiro atoms. The van der Waals surface area contributed by atoms with Gasteiger partial charge in [0.1, 0.15) is 6.10 Å². The number of hydrogen-bond acceptors (Lipinski definition) is 3. The average Bonchev–Trinajstić information content (AvgIpc) is 2.68. The Balaban J connectivity index is 1.79. The van der Waals surface area contributed by atoms with Crippen LogP contribution in [0.3, 0.4) is 0 Å². The van der Waals surface area contributed by atoms with E-state index < -0.39 is 0 Å². The first-order valence-electron chi connectivity index (χ1n) is 5.31. The van der Waals surface area contributed by atoms with Gasteiger partial charge in [-0.25, -0.2) is 0 Å². The van der Waals surface area contributed by atoms with Crippen molar-refractivity contribution in [3.05, 3.63) is 12.2 Å².